The van der Waals surface area contributed by atoms with Gasteiger partial charge < -0.3 is 9.84 Å². The molecule has 0 spiro atoms. The molecule has 0 bridgehead atoms. The van der Waals surface area contributed by atoms with Crippen molar-refractivity contribution < 1.29 is 9.32 Å². The van der Waals surface area contributed by atoms with Gasteiger partial charge in [0.25, 0.3) is 5.91 Å². The van der Waals surface area contributed by atoms with Crippen LogP contribution in [0, 0.1) is 11.3 Å². The minimum absolute atomic E-state index is 0.202. The molecule has 23 heavy (non-hydrogen) atoms. The van der Waals surface area contributed by atoms with Gasteiger partial charge in [0.2, 0.25) is 0 Å². The van der Waals surface area contributed by atoms with Gasteiger partial charge in [-0.15, -0.1) is 0 Å². The Hall–Kier alpha value is -1.62. The third-order valence-corrected chi connectivity index (χ3v) is 5.11. The molecule has 4 nitrogen and oxygen atoms in total. The van der Waals surface area contributed by atoms with Crippen molar-refractivity contribution in [3.8, 4) is 0 Å². The highest BCUT2D eigenvalue weighted by Gasteiger charge is 2.34. The van der Waals surface area contributed by atoms with Crippen LogP contribution in [0.1, 0.15) is 49.0 Å². The molecule has 5 heteroatoms. The molecule has 122 valence electrons. The van der Waals surface area contributed by atoms with Gasteiger partial charge in [0.05, 0.1) is 0 Å². The fraction of sp³-hybridized carbons (Fsp3) is 0.444. The number of anilines is 1. The van der Waals surface area contributed by atoms with Crippen LogP contribution in [0.5, 0.6) is 0 Å². The van der Waals surface area contributed by atoms with Gasteiger partial charge in [0.1, 0.15) is 5.76 Å². The Balaban J connectivity index is 1.80. The van der Waals surface area contributed by atoms with Crippen molar-refractivity contribution in [1.29, 1.82) is 0 Å². The van der Waals surface area contributed by atoms with E-state index >= 15 is 0 Å². The lowest BCUT2D eigenvalue weighted by atomic mass is 9.71. The molecule has 3 rings (SSSR count). The average Bonchev–Trinajstić information content (AvgIpc) is 2.92. The Kier molecular flexibility index (Phi) is 4.32. The van der Waals surface area contributed by atoms with Crippen molar-refractivity contribution in [2.24, 2.45) is 11.3 Å². The minimum atomic E-state index is -0.202. The van der Waals surface area contributed by atoms with Crippen molar-refractivity contribution in [1.82, 2.24) is 5.16 Å². The van der Waals surface area contributed by atoms with Gasteiger partial charge in [0.15, 0.2) is 5.69 Å². The van der Waals surface area contributed by atoms with E-state index in [0.717, 1.165) is 40.7 Å². The molecule has 1 unspecified atom stereocenters. The molecule has 1 atom stereocenters. The Morgan fingerprint density at radius 1 is 1.30 bits per heavy atom. The summed E-state index contributed by atoms with van der Waals surface area (Å²) >= 11 is 3.38. The highest BCUT2D eigenvalue weighted by atomic mass is 79.9. The highest BCUT2D eigenvalue weighted by Crippen LogP contribution is 2.38. The number of carbonyl (C=O) groups excluding carboxylic acids is 1. The number of benzene rings is 1. The van der Waals surface area contributed by atoms with Crippen molar-refractivity contribution >= 4 is 27.5 Å². The summed E-state index contributed by atoms with van der Waals surface area (Å²) in [5, 5.41) is 6.92. The maximum absolute atomic E-state index is 12.5. The maximum atomic E-state index is 12.5. The first-order chi connectivity index (χ1) is 10.8. The van der Waals surface area contributed by atoms with Crippen LogP contribution in [0.4, 0.5) is 5.69 Å². The van der Waals surface area contributed by atoms with Gasteiger partial charge in [-0.3, -0.25) is 4.79 Å². The largest absolute Gasteiger partial charge is 0.360 e. The summed E-state index contributed by atoms with van der Waals surface area (Å²) in [7, 11) is 0. The molecular formula is C18H21BrN2O2. The summed E-state index contributed by atoms with van der Waals surface area (Å²) in [6, 6.07) is 7.49. The number of hydrogen-bond acceptors (Lipinski definition) is 3. The minimum Gasteiger partial charge on any atom is -0.360 e. The van der Waals surface area contributed by atoms with Gasteiger partial charge in [-0.1, -0.05) is 41.9 Å². The molecule has 1 amide bonds. The average molecular weight is 377 g/mol. The lowest BCUT2D eigenvalue weighted by Crippen LogP contribution is -2.27. The van der Waals surface area contributed by atoms with E-state index < -0.39 is 0 Å². The maximum Gasteiger partial charge on any atom is 0.278 e. The summed E-state index contributed by atoms with van der Waals surface area (Å²) in [6.07, 6.45) is 2.79. The van der Waals surface area contributed by atoms with E-state index in [1.54, 1.807) is 0 Å². The van der Waals surface area contributed by atoms with Crippen molar-refractivity contribution in [2.75, 3.05) is 5.32 Å². The van der Waals surface area contributed by atoms with Gasteiger partial charge in [-0.05, 0) is 48.4 Å². The Labute approximate surface area is 144 Å². The predicted octanol–water partition coefficient (Wildman–Crippen LogP) is 4.84. The molecule has 0 saturated heterocycles. The predicted molar refractivity (Wildman–Crippen MR) is 93.6 cm³/mol. The number of rotatable bonds is 2. The molecule has 1 aliphatic carbocycles. The number of aryl methyl sites for hydroxylation is 1. The fourth-order valence-corrected chi connectivity index (χ4v) is 3.31. The molecule has 1 aromatic heterocycles. The fourth-order valence-electron chi connectivity index (χ4n) is 3.05. The first-order valence-electron chi connectivity index (χ1n) is 7.89. The Morgan fingerprint density at radius 3 is 2.65 bits per heavy atom. The Bertz CT molecular complexity index is 714. The number of hydrogen-bond donors (Lipinski definition) is 1. The molecule has 1 aromatic carbocycles. The molecular weight excluding hydrogens is 356 g/mol. The molecule has 0 saturated carbocycles. The second-order valence-electron chi connectivity index (χ2n) is 7.20. The van der Waals surface area contributed by atoms with Crippen LogP contribution >= 0.6 is 15.9 Å². The van der Waals surface area contributed by atoms with Gasteiger partial charge in [0, 0.05) is 22.1 Å². The van der Waals surface area contributed by atoms with E-state index in [1.165, 1.54) is 0 Å². The number of fused-ring (bicyclic) bond motifs is 1. The van der Waals surface area contributed by atoms with E-state index in [-0.39, 0.29) is 11.3 Å². The van der Waals surface area contributed by atoms with Crippen molar-refractivity contribution in [3.63, 3.8) is 0 Å². The lowest BCUT2D eigenvalue weighted by Gasteiger charge is -2.33. The van der Waals surface area contributed by atoms with E-state index in [1.807, 2.05) is 24.3 Å². The zero-order valence-electron chi connectivity index (χ0n) is 13.6. The number of aromatic nitrogens is 1. The molecule has 0 radical (unpaired) electrons. The summed E-state index contributed by atoms with van der Waals surface area (Å²) in [5.41, 5.74) is 2.37. The molecule has 1 N–H and O–H groups in total. The van der Waals surface area contributed by atoms with Gasteiger partial charge in [-0.25, -0.2) is 0 Å². The third-order valence-electron chi connectivity index (χ3n) is 4.58. The standard InChI is InChI=1S/C18H21BrN2O2/c1-18(2,3)11-4-9-15-14(10-11)16(21-23-15)17(22)20-13-7-5-12(19)6-8-13/h5-8,11H,4,9-10H2,1-3H3,(H,20,22). The Morgan fingerprint density at radius 2 is 2.00 bits per heavy atom. The van der Waals surface area contributed by atoms with E-state index in [2.05, 4.69) is 47.2 Å². The molecule has 1 aliphatic rings. The first kappa shape index (κ1) is 16.2. The second-order valence-corrected chi connectivity index (χ2v) is 8.12. The summed E-state index contributed by atoms with van der Waals surface area (Å²) in [4.78, 5) is 12.5. The van der Waals surface area contributed by atoms with Crippen molar-refractivity contribution in [2.45, 2.75) is 40.0 Å². The van der Waals surface area contributed by atoms with Crippen LogP contribution in [0.15, 0.2) is 33.3 Å². The lowest BCUT2D eigenvalue weighted by molar-refractivity contribution is 0.101. The monoisotopic (exact) mass is 376 g/mol. The number of carbonyl (C=O) groups is 1. The van der Waals surface area contributed by atoms with Crippen LogP contribution in [-0.2, 0) is 12.8 Å². The number of halogens is 1. The molecule has 1 heterocycles. The first-order valence-corrected chi connectivity index (χ1v) is 8.68. The zero-order valence-corrected chi connectivity index (χ0v) is 15.2. The van der Waals surface area contributed by atoms with Gasteiger partial charge in [-0.2, -0.15) is 0 Å². The summed E-state index contributed by atoms with van der Waals surface area (Å²) in [5.74, 6) is 1.20. The molecule has 0 aliphatic heterocycles. The topological polar surface area (TPSA) is 55.1 Å². The molecule has 0 fully saturated rings. The SMILES string of the molecule is CC(C)(C)C1CCc2onc(C(=O)Nc3ccc(Br)cc3)c2C1. The third kappa shape index (κ3) is 3.50. The number of nitrogens with zero attached hydrogens (tertiary/aromatic N) is 1. The van der Waals surface area contributed by atoms with E-state index in [9.17, 15) is 4.79 Å². The van der Waals surface area contributed by atoms with Crippen LogP contribution < -0.4 is 5.32 Å². The normalized spacial score (nSPS) is 17.7. The summed E-state index contributed by atoms with van der Waals surface area (Å²) < 4.78 is 6.38. The van der Waals surface area contributed by atoms with Crippen LogP contribution in [-0.4, -0.2) is 11.1 Å². The van der Waals surface area contributed by atoms with Crippen molar-refractivity contribution in [3.05, 3.63) is 45.8 Å². The second kappa shape index (κ2) is 6.11. The van der Waals surface area contributed by atoms with E-state index in [0.29, 0.717) is 11.6 Å². The van der Waals surface area contributed by atoms with Crippen LogP contribution in [0.25, 0.3) is 0 Å². The van der Waals surface area contributed by atoms with Crippen LogP contribution in [0.2, 0.25) is 0 Å². The highest BCUT2D eigenvalue weighted by molar-refractivity contribution is 9.10. The van der Waals surface area contributed by atoms with E-state index in [4.69, 9.17) is 4.52 Å². The molecule has 2 aromatic rings. The smallest absolute Gasteiger partial charge is 0.278 e. The number of nitrogens with one attached hydrogen (secondary N) is 1. The van der Waals surface area contributed by atoms with Crippen LogP contribution in [0.3, 0.4) is 0 Å². The zero-order chi connectivity index (χ0) is 16.6. The van der Waals surface area contributed by atoms with Gasteiger partial charge >= 0.3 is 0 Å². The number of amides is 1. The quantitative estimate of drug-likeness (QED) is 0.815. The summed E-state index contributed by atoms with van der Waals surface area (Å²) in [6.45, 7) is 6.74.